The quantitative estimate of drug-likeness (QED) is 0.351. The molecular formula is C27H31N5O3. The summed E-state index contributed by atoms with van der Waals surface area (Å²) in [6.07, 6.45) is 4.14. The van der Waals surface area contributed by atoms with E-state index < -0.39 is 6.04 Å². The maximum Gasteiger partial charge on any atom is 0.247 e. The summed E-state index contributed by atoms with van der Waals surface area (Å²) in [7, 11) is 0. The Labute approximate surface area is 204 Å². The summed E-state index contributed by atoms with van der Waals surface area (Å²) < 4.78 is 6.96. The van der Waals surface area contributed by atoms with Crippen LogP contribution in [0.1, 0.15) is 49.6 Å². The summed E-state index contributed by atoms with van der Waals surface area (Å²) in [6.45, 7) is 4.85. The zero-order valence-corrected chi connectivity index (χ0v) is 20.2. The molecule has 0 aliphatic carbocycles. The lowest BCUT2D eigenvalue weighted by Gasteiger charge is -2.31. The van der Waals surface area contributed by atoms with Crippen LogP contribution in [0.2, 0.25) is 0 Å². The second-order valence-electron chi connectivity index (χ2n) is 8.47. The Morgan fingerprint density at radius 3 is 2.57 bits per heavy atom. The average molecular weight is 474 g/mol. The number of rotatable bonds is 11. The van der Waals surface area contributed by atoms with E-state index in [1.54, 1.807) is 28.0 Å². The van der Waals surface area contributed by atoms with Crippen molar-refractivity contribution in [2.45, 2.75) is 52.2 Å². The number of fused-ring (bicyclic) bond motifs is 1. The van der Waals surface area contributed by atoms with Gasteiger partial charge in [-0.2, -0.15) is 0 Å². The monoisotopic (exact) mass is 473 g/mol. The molecule has 2 amide bonds. The van der Waals surface area contributed by atoms with Crippen LogP contribution >= 0.6 is 0 Å². The Morgan fingerprint density at radius 1 is 1.06 bits per heavy atom. The molecule has 4 rings (SSSR count). The maximum atomic E-state index is 13.7. The molecule has 0 saturated carbocycles. The summed E-state index contributed by atoms with van der Waals surface area (Å²) in [4.78, 5) is 28.9. The van der Waals surface area contributed by atoms with Crippen molar-refractivity contribution in [3.63, 3.8) is 0 Å². The normalized spacial score (nSPS) is 11.9. The second-order valence-corrected chi connectivity index (χ2v) is 8.47. The summed E-state index contributed by atoms with van der Waals surface area (Å²) in [5.41, 5.74) is 3.45. The van der Waals surface area contributed by atoms with Crippen molar-refractivity contribution < 1.29 is 14.0 Å². The summed E-state index contributed by atoms with van der Waals surface area (Å²) in [6, 6.07) is 18.2. The van der Waals surface area contributed by atoms with E-state index in [9.17, 15) is 9.59 Å². The predicted octanol–water partition coefficient (Wildman–Crippen LogP) is 4.27. The molecule has 4 aromatic rings. The lowest BCUT2D eigenvalue weighted by molar-refractivity contribution is -0.141. The van der Waals surface area contributed by atoms with Crippen LogP contribution in [0.15, 0.2) is 71.3 Å². The Kier molecular flexibility index (Phi) is 7.92. The third-order valence-electron chi connectivity index (χ3n) is 6.06. The third-order valence-corrected chi connectivity index (χ3v) is 6.06. The van der Waals surface area contributed by atoms with Crippen LogP contribution in [0.25, 0.3) is 11.0 Å². The molecule has 0 saturated heterocycles. The van der Waals surface area contributed by atoms with Crippen molar-refractivity contribution in [1.82, 2.24) is 25.2 Å². The first-order valence-corrected chi connectivity index (χ1v) is 12.1. The van der Waals surface area contributed by atoms with E-state index >= 15 is 0 Å². The van der Waals surface area contributed by atoms with Crippen LogP contribution in [-0.2, 0) is 29.1 Å². The minimum atomic E-state index is -0.773. The van der Waals surface area contributed by atoms with Gasteiger partial charge in [0.15, 0.2) is 0 Å². The molecule has 8 heteroatoms. The lowest BCUT2D eigenvalue weighted by atomic mass is 10.0. The predicted molar refractivity (Wildman–Crippen MR) is 133 cm³/mol. The molecule has 0 spiro atoms. The molecule has 1 atom stereocenters. The number of amides is 2. The maximum absolute atomic E-state index is 13.7. The third kappa shape index (κ3) is 5.77. The zero-order valence-electron chi connectivity index (χ0n) is 20.2. The van der Waals surface area contributed by atoms with Gasteiger partial charge in [0.25, 0.3) is 0 Å². The van der Waals surface area contributed by atoms with Gasteiger partial charge in [-0.05, 0) is 48.2 Å². The number of nitrogens with zero attached hydrogens (tertiary/aromatic N) is 4. The van der Waals surface area contributed by atoms with Crippen LogP contribution in [0.3, 0.4) is 0 Å². The Balaban J connectivity index is 1.64. The molecule has 1 unspecified atom stereocenters. The van der Waals surface area contributed by atoms with E-state index in [0.29, 0.717) is 12.3 Å². The van der Waals surface area contributed by atoms with Crippen LogP contribution in [0, 0.1) is 0 Å². The highest BCUT2D eigenvalue weighted by atomic mass is 16.3. The van der Waals surface area contributed by atoms with Gasteiger partial charge in [0.1, 0.15) is 23.9 Å². The summed E-state index contributed by atoms with van der Waals surface area (Å²) in [5.74, 6) is 0.212. The van der Waals surface area contributed by atoms with Crippen molar-refractivity contribution in [3.8, 4) is 0 Å². The van der Waals surface area contributed by atoms with Crippen molar-refractivity contribution in [2.75, 3.05) is 6.54 Å². The molecule has 1 N–H and O–H groups in total. The van der Waals surface area contributed by atoms with Crippen molar-refractivity contribution in [1.29, 1.82) is 0 Å². The average Bonchev–Trinajstić information content (AvgIpc) is 3.55. The van der Waals surface area contributed by atoms with Gasteiger partial charge < -0.3 is 14.6 Å². The Bertz CT molecular complexity index is 1250. The number of nitrogens with one attached hydrogen (secondary N) is 1. The highest BCUT2D eigenvalue weighted by Crippen LogP contribution is 2.24. The molecule has 0 aliphatic heterocycles. The minimum absolute atomic E-state index is 0.000759. The van der Waals surface area contributed by atoms with Gasteiger partial charge in [0.2, 0.25) is 11.8 Å². The van der Waals surface area contributed by atoms with Crippen molar-refractivity contribution in [2.24, 2.45) is 0 Å². The number of hydrogen-bond donors (Lipinski definition) is 1. The number of aryl methyl sites for hydroxylation is 1. The number of carbonyl (C=O) groups is 2. The fraction of sp³-hybridized carbons (Fsp3) is 0.333. The van der Waals surface area contributed by atoms with Crippen LogP contribution in [0.5, 0.6) is 0 Å². The minimum Gasteiger partial charge on any atom is -0.467 e. The van der Waals surface area contributed by atoms with E-state index in [1.807, 2.05) is 48.5 Å². The van der Waals surface area contributed by atoms with E-state index in [1.165, 1.54) is 5.56 Å². The topological polar surface area (TPSA) is 93.3 Å². The standard InChI is InChI=1S/C27H31N5O3/c1-3-5-16-31(25(33)19-32-24-11-7-6-10-23(24)29-30-32)26(21-14-12-20(4-2)13-15-21)27(34)28-18-22-9-8-17-35-22/h6-15,17,26H,3-5,16,18-19H2,1-2H3,(H,28,34). The first kappa shape index (κ1) is 24.2. The smallest absolute Gasteiger partial charge is 0.247 e. The van der Waals surface area contributed by atoms with Gasteiger partial charge >= 0.3 is 0 Å². The fourth-order valence-corrected chi connectivity index (χ4v) is 4.07. The van der Waals surface area contributed by atoms with Gasteiger partial charge in [0.05, 0.1) is 18.3 Å². The Hall–Kier alpha value is -3.94. The SMILES string of the molecule is CCCCN(C(=O)Cn1nnc2ccccc21)C(C(=O)NCc1ccco1)c1ccc(CC)cc1. The highest BCUT2D eigenvalue weighted by molar-refractivity contribution is 5.89. The number of para-hydroxylation sites is 1. The first-order valence-electron chi connectivity index (χ1n) is 12.1. The lowest BCUT2D eigenvalue weighted by Crippen LogP contribution is -2.45. The number of benzene rings is 2. The molecule has 2 aromatic carbocycles. The van der Waals surface area contributed by atoms with E-state index in [4.69, 9.17) is 4.42 Å². The van der Waals surface area contributed by atoms with Crippen LogP contribution in [0.4, 0.5) is 0 Å². The fourth-order valence-electron chi connectivity index (χ4n) is 4.07. The highest BCUT2D eigenvalue weighted by Gasteiger charge is 2.31. The summed E-state index contributed by atoms with van der Waals surface area (Å²) >= 11 is 0. The van der Waals surface area contributed by atoms with Gasteiger partial charge in [-0.3, -0.25) is 9.59 Å². The second kappa shape index (κ2) is 11.5. The number of aromatic nitrogens is 3. The van der Waals surface area contributed by atoms with Crippen molar-refractivity contribution in [3.05, 3.63) is 83.8 Å². The summed E-state index contributed by atoms with van der Waals surface area (Å²) in [5, 5.41) is 11.3. The Morgan fingerprint density at radius 2 is 1.86 bits per heavy atom. The molecule has 182 valence electrons. The molecule has 35 heavy (non-hydrogen) atoms. The molecule has 2 aromatic heterocycles. The van der Waals surface area contributed by atoms with Gasteiger partial charge in [-0.25, -0.2) is 4.68 Å². The van der Waals surface area contributed by atoms with Crippen LogP contribution < -0.4 is 5.32 Å². The van der Waals surface area contributed by atoms with Gasteiger partial charge in [-0.1, -0.05) is 61.9 Å². The zero-order chi connectivity index (χ0) is 24.6. The van der Waals surface area contributed by atoms with Crippen molar-refractivity contribution >= 4 is 22.8 Å². The van der Waals surface area contributed by atoms with E-state index in [2.05, 4.69) is 29.5 Å². The molecule has 2 heterocycles. The molecule has 0 bridgehead atoms. The molecule has 0 fully saturated rings. The first-order chi connectivity index (χ1) is 17.1. The van der Waals surface area contributed by atoms with Gasteiger partial charge in [0, 0.05) is 6.54 Å². The van der Waals surface area contributed by atoms with Crippen LogP contribution in [-0.4, -0.2) is 38.3 Å². The number of unbranched alkanes of at least 4 members (excludes halogenated alkanes) is 1. The van der Waals surface area contributed by atoms with E-state index in [-0.39, 0.29) is 24.9 Å². The molecule has 0 radical (unpaired) electrons. The molecular weight excluding hydrogens is 442 g/mol. The number of hydrogen-bond acceptors (Lipinski definition) is 5. The largest absolute Gasteiger partial charge is 0.467 e. The van der Waals surface area contributed by atoms with Gasteiger partial charge in [-0.15, -0.1) is 5.10 Å². The number of furan rings is 1. The molecule has 8 nitrogen and oxygen atoms in total. The van der Waals surface area contributed by atoms with E-state index in [0.717, 1.165) is 35.9 Å². The molecule has 0 aliphatic rings. The number of carbonyl (C=O) groups excluding carboxylic acids is 2.